The Morgan fingerprint density at radius 3 is 2.68 bits per heavy atom. The molecule has 1 aliphatic rings. The predicted molar refractivity (Wildman–Crippen MR) is 92.5 cm³/mol. The van der Waals surface area contributed by atoms with Gasteiger partial charge in [0.05, 0.1) is 4.88 Å². The second kappa shape index (κ2) is 6.26. The summed E-state index contributed by atoms with van der Waals surface area (Å²) in [4.78, 5) is 1.22. The van der Waals surface area contributed by atoms with E-state index < -0.39 is 0 Å². The Morgan fingerprint density at radius 1 is 1.09 bits per heavy atom. The zero-order chi connectivity index (χ0) is 14.8. The number of aryl methyl sites for hydroxylation is 1. The maximum Gasteiger partial charge on any atom is 0.191 e. The van der Waals surface area contributed by atoms with Crippen LogP contribution in [0, 0.1) is 0 Å². The Bertz CT molecular complexity index is 731. The molecule has 1 saturated carbocycles. The van der Waals surface area contributed by atoms with Crippen molar-refractivity contribution in [2.45, 2.75) is 30.5 Å². The zero-order valence-electron chi connectivity index (χ0n) is 12.2. The molecule has 0 bridgehead atoms. The van der Waals surface area contributed by atoms with E-state index in [1.807, 2.05) is 11.8 Å². The maximum atomic E-state index is 4.45. The van der Waals surface area contributed by atoms with E-state index in [1.54, 1.807) is 11.3 Å². The van der Waals surface area contributed by atoms with Crippen LogP contribution in [0.25, 0.3) is 10.7 Å². The molecule has 3 nitrogen and oxygen atoms in total. The van der Waals surface area contributed by atoms with E-state index in [4.69, 9.17) is 0 Å². The van der Waals surface area contributed by atoms with E-state index in [9.17, 15) is 0 Å². The lowest BCUT2D eigenvalue weighted by Gasteiger charge is -2.07. The number of benzene rings is 1. The molecule has 2 aromatic heterocycles. The Kier molecular flexibility index (Phi) is 3.99. The summed E-state index contributed by atoms with van der Waals surface area (Å²) in [6.07, 6.45) is 3.57. The molecular weight excluding hydrogens is 310 g/mol. The quantitative estimate of drug-likeness (QED) is 0.616. The Balaban J connectivity index is 1.50. The van der Waals surface area contributed by atoms with Gasteiger partial charge in [-0.25, -0.2) is 0 Å². The smallest absolute Gasteiger partial charge is 0.191 e. The second-order valence-electron chi connectivity index (χ2n) is 5.47. The van der Waals surface area contributed by atoms with Crippen LogP contribution in [0.4, 0.5) is 0 Å². The van der Waals surface area contributed by atoms with Crippen LogP contribution in [0.1, 0.15) is 24.4 Å². The molecule has 4 rings (SSSR count). The van der Waals surface area contributed by atoms with Crippen molar-refractivity contribution in [3.8, 4) is 10.7 Å². The minimum Gasteiger partial charge on any atom is -0.298 e. The highest BCUT2D eigenvalue weighted by molar-refractivity contribution is 7.99. The van der Waals surface area contributed by atoms with Crippen LogP contribution >= 0.6 is 23.1 Å². The van der Waals surface area contributed by atoms with Gasteiger partial charge in [-0.1, -0.05) is 48.2 Å². The number of aromatic nitrogens is 3. The van der Waals surface area contributed by atoms with Gasteiger partial charge in [-0.05, 0) is 36.3 Å². The van der Waals surface area contributed by atoms with Crippen LogP contribution in [0.3, 0.4) is 0 Å². The van der Waals surface area contributed by atoms with Crippen molar-refractivity contribution < 1.29 is 0 Å². The molecule has 0 spiro atoms. The first-order valence-corrected chi connectivity index (χ1v) is 9.44. The molecule has 0 N–H and O–H groups in total. The summed E-state index contributed by atoms with van der Waals surface area (Å²) in [7, 11) is 0. The SMILES string of the molecule is c1ccc(CCSc2nnc(-c3cccs3)n2C2CC2)cc1. The molecule has 1 aromatic carbocycles. The second-order valence-corrected chi connectivity index (χ2v) is 7.48. The molecule has 112 valence electrons. The molecule has 5 heteroatoms. The first-order valence-electron chi connectivity index (χ1n) is 7.57. The number of hydrogen-bond donors (Lipinski definition) is 0. The lowest BCUT2D eigenvalue weighted by Crippen LogP contribution is -1.99. The Morgan fingerprint density at radius 2 is 1.95 bits per heavy atom. The Labute approximate surface area is 138 Å². The summed E-state index contributed by atoms with van der Waals surface area (Å²) in [6, 6.07) is 15.4. The third-order valence-electron chi connectivity index (χ3n) is 3.78. The molecule has 0 atom stereocenters. The first kappa shape index (κ1) is 14.0. The minimum atomic E-state index is 0.603. The normalized spacial score (nSPS) is 14.4. The molecule has 0 saturated heterocycles. The highest BCUT2D eigenvalue weighted by Gasteiger charge is 2.30. The topological polar surface area (TPSA) is 30.7 Å². The van der Waals surface area contributed by atoms with Crippen LogP contribution in [0.15, 0.2) is 53.0 Å². The summed E-state index contributed by atoms with van der Waals surface area (Å²) in [5, 5.41) is 12.1. The van der Waals surface area contributed by atoms with Gasteiger partial charge in [-0.3, -0.25) is 4.57 Å². The molecule has 0 aliphatic heterocycles. The number of hydrogen-bond acceptors (Lipinski definition) is 4. The maximum absolute atomic E-state index is 4.45. The summed E-state index contributed by atoms with van der Waals surface area (Å²) in [6.45, 7) is 0. The molecular formula is C17H17N3S2. The monoisotopic (exact) mass is 327 g/mol. The Hall–Kier alpha value is -1.59. The summed E-state index contributed by atoms with van der Waals surface area (Å²) in [5.41, 5.74) is 1.38. The van der Waals surface area contributed by atoms with E-state index in [2.05, 4.69) is 62.6 Å². The molecule has 3 aromatic rings. The van der Waals surface area contributed by atoms with Crippen LogP contribution in [0.5, 0.6) is 0 Å². The fourth-order valence-corrected chi connectivity index (χ4v) is 4.21. The van der Waals surface area contributed by atoms with Crippen molar-refractivity contribution in [2.24, 2.45) is 0 Å². The lowest BCUT2D eigenvalue weighted by molar-refractivity contribution is 0.670. The van der Waals surface area contributed by atoms with Gasteiger partial charge in [-0.2, -0.15) is 0 Å². The summed E-state index contributed by atoms with van der Waals surface area (Å²) >= 11 is 3.56. The van der Waals surface area contributed by atoms with Gasteiger partial charge in [0.25, 0.3) is 0 Å². The van der Waals surface area contributed by atoms with Crippen LogP contribution < -0.4 is 0 Å². The van der Waals surface area contributed by atoms with Crippen molar-refractivity contribution in [3.05, 3.63) is 53.4 Å². The van der Waals surface area contributed by atoms with E-state index in [0.29, 0.717) is 6.04 Å². The van der Waals surface area contributed by atoms with Gasteiger partial charge in [0.1, 0.15) is 0 Å². The largest absolute Gasteiger partial charge is 0.298 e. The lowest BCUT2D eigenvalue weighted by atomic mass is 10.2. The molecule has 0 radical (unpaired) electrons. The van der Waals surface area contributed by atoms with Crippen LogP contribution in [-0.2, 0) is 6.42 Å². The first-order chi connectivity index (χ1) is 10.9. The molecule has 2 heterocycles. The molecule has 0 unspecified atom stereocenters. The molecule has 1 fully saturated rings. The van der Waals surface area contributed by atoms with Gasteiger partial charge in [0.15, 0.2) is 11.0 Å². The number of rotatable bonds is 6. The van der Waals surface area contributed by atoms with Crippen LogP contribution in [-0.4, -0.2) is 20.5 Å². The third-order valence-corrected chi connectivity index (χ3v) is 5.59. The highest BCUT2D eigenvalue weighted by Crippen LogP contribution is 2.41. The van der Waals surface area contributed by atoms with Crippen molar-refractivity contribution in [1.29, 1.82) is 0 Å². The van der Waals surface area contributed by atoms with Gasteiger partial charge < -0.3 is 0 Å². The standard InChI is InChI=1S/C17H17N3S2/c1-2-5-13(6-3-1)10-12-22-17-19-18-16(15-7-4-11-21-15)20(17)14-8-9-14/h1-7,11,14H,8-10,12H2. The van der Waals surface area contributed by atoms with Gasteiger partial charge >= 0.3 is 0 Å². The fourth-order valence-electron chi connectivity index (χ4n) is 2.52. The summed E-state index contributed by atoms with van der Waals surface area (Å²) in [5.74, 6) is 2.08. The number of nitrogens with zero attached hydrogens (tertiary/aromatic N) is 3. The zero-order valence-corrected chi connectivity index (χ0v) is 13.8. The fraction of sp³-hybridized carbons (Fsp3) is 0.294. The third kappa shape index (κ3) is 2.96. The van der Waals surface area contributed by atoms with E-state index in [1.165, 1.54) is 23.3 Å². The van der Waals surface area contributed by atoms with Gasteiger partial charge in [0, 0.05) is 11.8 Å². The van der Waals surface area contributed by atoms with Crippen LogP contribution in [0.2, 0.25) is 0 Å². The van der Waals surface area contributed by atoms with Gasteiger partial charge in [0.2, 0.25) is 0 Å². The molecule has 1 aliphatic carbocycles. The number of thiophene rings is 1. The predicted octanol–water partition coefficient (Wildman–Crippen LogP) is 4.68. The summed E-state index contributed by atoms with van der Waals surface area (Å²) < 4.78 is 2.35. The van der Waals surface area contributed by atoms with E-state index >= 15 is 0 Å². The van der Waals surface area contributed by atoms with E-state index in [0.717, 1.165) is 23.2 Å². The number of thioether (sulfide) groups is 1. The average molecular weight is 327 g/mol. The van der Waals surface area contributed by atoms with Gasteiger partial charge in [-0.15, -0.1) is 21.5 Å². The van der Waals surface area contributed by atoms with Crippen molar-refractivity contribution in [1.82, 2.24) is 14.8 Å². The molecule has 0 amide bonds. The van der Waals surface area contributed by atoms with Crippen molar-refractivity contribution >= 4 is 23.1 Å². The van der Waals surface area contributed by atoms with Crippen molar-refractivity contribution in [2.75, 3.05) is 5.75 Å². The van der Waals surface area contributed by atoms with E-state index in [-0.39, 0.29) is 0 Å². The average Bonchev–Trinajstić information content (AvgIpc) is 3.09. The highest BCUT2D eigenvalue weighted by atomic mass is 32.2. The van der Waals surface area contributed by atoms with Crippen molar-refractivity contribution in [3.63, 3.8) is 0 Å². The minimum absolute atomic E-state index is 0.603. The molecule has 22 heavy (non-hydrogen) atoms.